The molecule has 1 atom stereocenters. The number of carbonyl (C=O) groups excluding carboxylic acids is 1. The number of amides is 1. The van der Waals surface area contributed by atoms with Gasteiger partial charge >= 0.3 is 0 Å². The number of nitrogens with zero attached hydrogens (tertiary/aromatic N) is 1. The highest BCUT2D eigenvalue weighted by atomic mass is 16.5. The molecule has 0 aliphatic carbocycles. The lowest BCUT2D eigenvalue weighted by molar-refractivity contribution is 0.0938. The Morgan fingerprint density at radius 1 is 1.16 bits per heavy atom. The second-order valence-electron chi connectivity index (χ2n) is 6.35. The van der Waals surface area contributed by atoms with E-state index in [2.05, 4.69) is 24.1 Å². The molecule has 5 nitrogen and oxygen atoms in total. The molecule has 5 heteroatoms. The molecule has 1 amide bonds. The van der Waals surface area contributed by atoms with Gasteiger partial charge in [0.25, 0.3) is 5.91 Å². The summed E-state index contributed by atoms with van der Waals surface area (Å²) in [6.45, 7) is 6.82. The van der Waals surface area contributed by atoms with E-state index in [9.17, 15) is 4.79 Å². The van der Waals surface area contributed by atoms with Crippen molar-refractivity contribution >= 4 is 5.91 Å². The standard InChI is InChI=1S/C20H26N2O3/c1-14(2)10-12-25-18-9-8-16(13-19(18)24-4)20(23)22-15(3)17-7-5-6-11-21-17/h5-9,11,13-15H,10,12H2,1-4H3,(H,22,23). The van der Waals surface area contributed by atoms with E-state index in [1.165, 1.54) is 0 Å². The normalized spacial score (nSPS) is 11.9. The van der Waals surface area contributed by atoms with Gasteiger partial charge in [-0.1, -0.05) is 19.9 Å². The van der Waals surface area contributed by atoms with Crippen LogP contribution in [0.15, 0.2) is 42.6 Å². The number of ether oxygens (including phenoxy) is 2. The smallest absolute Gasteiger partial charge is 0.251 e. The lowest BCUT2D eigenvalue weighted by atomic mass is 10.1. The van der Waals surface area contributed by atoms with Gasteiger partial charge in [0.15, 0.2) is 11.5 Å². The van der Waals surface area contributed by atoms with Crippen LogP contribution in [0.4, 0.5) is 0 Å². The Hall–Kier alpha value is -2.56. The molecule has 0 bridgehead atoms. The molecular weight excluding hydrogens is 316 g/mol. The molecule has 1 heterocycles. The number of hydrogen-bond donors (Lipinski definition) is 1. The highest BCUT2D eigenvalue weighted by Gasteiger charge is 2.15. The van der Waals surface area contributed by atoms with Gasteiger partial charge in [-0.15, -0.1) is 0 Å². The number of rotatable bonds is 8. The molecule has 0 aliphatic rings. The van der Waals surface area contributed by atoms with Crippen molar-refractivity contribution in [1.29, 1.82) is 0 Å². The largest absolute Gasteiger partial charge is 0.493 e. The Morgan fingerprint density at radius 3 is 2.60 bits per heavy atom. The van der Waals surface area contributed by atoms with Crippen molar-refractivity contribution in [3.8, 4) is 11.5 Å². The molecule has 0 saturated heterocycles. The molecule has 1 aromatic carbocycles. The third-order valence-electron chi connectivity index (χ3n) is 3.86. The molecule has 1 unspecified atom stereocenters. The highest BCUT2D eigenvalue weighted by Crippen LogP contribution is 2.28. The maximum Gasteiger partial charge on any atom is 0.251 e. The predicted molar refractivity (Wildman–Crippen MR) is 98.1 cm³/mol. The van der Waals surface area contributed by atoms with Crippen LogP contribution in [-0.4, -0.2) is 24.6 Å². The van der Waals surface area contributed by atoms with Crippen molar-refractivity contribution < 1.29 is 14.3 Å². The van der Waals surface area contributed by atoms with Gasteiger partial charge in [-0.2, -0.15) is 0 Å². The predicted octanol–water partition coefficient (Wildman–Crippen LogP) is 4.01. The van der Waals surface area contributed by atoms with Crippen LogP contribution in [-0.2, 0) is 0 Å². The van der Waals surface area contributed by atoms with Crippen molar-refractivity contribution in [2.24, 2.45) is 5.92 Å². The zero-order valence-corrected chi connectivity index (χ0v) is 15.3. The van der Waals surface area contributed by atoms with E-state index < -0.39 is 0 Å². The molecule has 0 fully saturated rings. The monoisotopic (exact) mass is 342 g/mol. The molecule has 0 aliphatic heterocycles. The summed E-state index contributed by atoms with van der Waals surface area (Å²) in [6, 6.07) is 10.7. The fourth-order valence-electron chi connectivity index (χ4n) is 2.32. The van der Waals surface area contributed by atoms with Crippen molar-refractivity contribution in [1.82, 2.24) is 10.3 Å². The number of carbonyl (C=O) groups is 1. The SMILES string of the molecule is COc1cc(C(=O)NC(C)c2ccccn2)ccc1OCCC(C)C. The number of aromatic nitrogens is 1. The zero-order chi connectivity index (χ0) is 18.2. The van der Waals surface area contributed by atoms with E-state index in [1.807, 2.05) is 25.1 Å². The Kier molecular flexibility index (Phi) is 6.81. The first-order chi connectivity index (χ1) is 12.0. The third kappa shape index (κ3) is 5.48. The number of benzene rings is 1. The van der Waals surface area contributed by atoms with Crippen LogP contribution in [0.25, 0.3) is 0 Å². The van der Waals surface area contributed by atoms with Gasteiger partial charge in [-0.3, -0.25) is 9.78 Å². The van der Waals surface area contributed by atoms with Crippen LogP contribution >= 0.6 is 0 Å². The van der Waals surface area contributed by atoms with E-state index in [4.69, 9.17) is 9.47 Å². The number of pyridine rings is 1. The van der Waals surface area contributed by atoms with Crippen LogP contribution in [0, 0.1) is 5.92 Å². The second-order valence-corrected chi connectivity index (χ2v) is 6.35. The molecule has 0 radical (unpaired) electrons. The number of methoxy groups -OCH3 is 1. The molecule has 0 spiro atoms. The van der Waals surface area contributed by atoms with Crippen LogP contribution in [0.3, 0.4) is 0 Å². The van der Waals surface area contributed by atoms with Gasteiger partial charge in [0.1, 0.15) is 0 Å². The van der Waals surface area contributed by atoms with Crippen LogP contribution < -0.4 is 14.8 Å². The minimum absolute atomic E-state index is 0.176. The van der Waals surface area contributed by atoms with Crippen molar-refractivity contribution in [2.75, 3.05) is 13.7 Å². The Morgan fingerprint density at radius 2 is 1.96 bits per heavy atom. The first kappa shape index (κ1) is 18.8. The molecule has 134 valence electrons. The summed E-state index contributed by atoms with van der Waals surface area (Å²) in [6.07, 6.45) is 2.68. The fraction of sp³-hybridized carbons (Fsp3) is 0.400. The lowest BCUT2D eigenvalue weighted by Crippen LogP contribution is -2.27. The Labute approximate surface area is 149 Å². The minimum Gasteiger partial charge on any atom is -0.493 e. The topological polar surface area (TPSA) is 60.5 Å². The van der Waals surface area contributed by atoms with Gasteiger partial charge in [0.2, 0.25) is 0 Å². The summed E-state index contributed by atoms with van der Waals surface area (Å²) >= 11 is 0. The maximum absolute atomic E-state index is 12.5. The molecule has 0 saturated carbocycles. The van der Waals surface area contributed by atoms with E-state index in [1.54, 1.807) is 31.5 Å². The highest BCUT2D eigenvalue weighted by molar-refractivity contribution is 5.95. The van der Waals surface area contributed by atoms with Crippen LogP contribution in [0.5, 0.6) is 11.5 Å². The quantitative estimate of drug-likeness (QED) is 0.787. The summed E-state index contributed by atoms with van der Waals surface area (Å²) in [5.74, 6) is 1.61. The summed E-state index contributed by atoms with van der Waals surface area (Å²) in [4.78, 5) is 16.7. The summed E-state index contributed by atoms with van der Waals surface area (Å²) in [5.41, 5.74) is 1.34. The summed E-state index contributed by atoms with van der Waals surface area (Å²) < 4.78 is 11.1. The summed E-state index contributed by atoms with van der Waals surface area (Å²) in [7, 11) is 1.57. The first-order valence-corrected chi connectivity index (χ1v) is 8.54. The number of nitrogens with one attached hydrogen (secondary N) is 1. The van der Waals surface area contributed by atoms with Gasteiger partial charge < -0.3 is 14.8 Å². The van der Waals surface area contributed by atoms with E-state index in [0.29, 0.717) is 29.6 Å². The van der Waals surface area contributed by atoms with Crippen molar-refractivity contribution in [3.63, 3.8) is 0 Å². The maximum atomic E-state index is 12.5. The van der Waals surface area contributed by atoms with Crippen molar-refractivity contribution in [3.05, 3.63) is 53.9 Å². The molecule has 1 aromatic heterocycles. The van der Waals surface area contributed by atoms with E-state index in [-0.39, 0.29) is 11.9 Å². The number of hydrogen-bond acceptors (Lipinski definition) is 4. The fourth-order valence-corrected chi connectivity index (χ4v) is 2.32. The molecular formula is C20H26N2O3. The van der Waals surface area contributed by atoms with Gasteiger partial charge in [0.05, 0.1) is 25.5 Å². The lowest BCUT2D eigenvalue weighted by Gasteiger charge is -2.15. The molecule has 2 rings (SSSR count). The average molecular weight is 342 g/mol. The van der Waals surface area contributed by atoms with Gasteiger partial charge in [-0.25, -0.2) is 0 Å². The Balaban J connectivity index is 2.04. The second kappa shape index (κ2) is 9.06. The average Bonchev–Trinajstić information content (AvgIpc) is 2.62. The minimum atomic E-state index is -0.179. The molecule has 2 aromatic rings. The summed E-state index contributed by atoms with van der Waals surface area (Å²) in [5, 5.41) is 2.94. The molecule has 1 N–H and O–H groups in total. The third-order valence-corrected chi connectivity index (χ3v) is 3.86. The van der Waals surface area contributed by atoms with Crippen LogP contribution in [0.1, 0.15) is 49.3 Å². The van der Waals surface area contributed by atoms with Gasteiger partial charge in [-0.05, 0) is 49.6 Å². The van der Waals surface area contributed by atoms with Gasteiger partial charge in [0, 0.05) is 11.8 Å². The molecule has 25 heavy (non-hydrogen) atoms. The Bertz CT molecular complexity index is 687. The van der Waals surface area contributed by atoms with E-state index in [0.717, 1.165) is 12.1 Å². The van der Waals surface area contributed by atoms with Crippen LogP contribution in [0.2, 0.25) is 0 Å². The van der Waals surface area contributed by atoms with Crippen molar-refractivity contribution in [2.45, 2.75) is 33.2 Å². The van der Waals surface area contributed by atoms with E-state index >= 15 is 0 Å². The first-order valence-electron chi connectivity index (χ1n) is 8.54. The zero-order valence-electron chi connectivity index (χ0n) is 15.3.